The summed E-state index contributed by atoms with van der Waals surface area (Å²) in [5, 5.41) is 2.79. The van der Waals surface area contributed by atoms with Crippen LogP contribution in [0.15, 0.2) is 48.5 Å². The number of benzene rings is 2. The van der Waals surface area contributed by atoms with E-state index in [1.807, 2.05) is 56.3 Å². The van der Waals surface area contributed by atoms with E-state index in [9.17, 15) is 4.79 Å². The molecule has 0 aliphatic carbocycles. The summed E-state index contributed by atoms with van der Waals surface area (Å²) in [6, 6.07) is 15.0. The Morgan fingerprint density at radius 1 is 1.05 bits per heavy atom. The van der Waals surface area contributed by atoms with E-state index in [1.165, 1.54) is 0 Å². The van der Waals surface area contributed by atoms with Crippen LogP contribution in [-0.4, -0.2) is 19.1 Å². The van der Waals surface area contributed by atoms with Crippen LogP contribution in [0.3, 0.4) is 0 Å². The summed E-state index contributed by atoms with van der Waals surface area (Å²) >= 11 is 0. The number of hydrogen-bond donors (Lipinski definition) is 1. The minimum atomic E-state index is -0.0912. The molecule has 4 heteroatoms. The van der Waals surface area contributed by atoms with Crippen LogP contribution >= 0.6 is 0 Å². The van der Waals surface area contributed by atoms with Gasteiger partial charge in [0, 0.05) is 17.7 Å². The first kappa shape index (κ1) is 15.9. The Kier molecular flexibility index (Phi) is 5.83. The number of nitrogens with one attached hydrogen (secondary N) is 1. The van der Waals surface area contributed by atoms with Crippen LogP contribution in [0.2, 0.25) is 0 Å². The summed E-state index contributed by atoms with van der Waals surface area (Å²) in [6.45, 7) is 5.35. The molecule has 0 aliphatic heterocycles. The molecule has 0 heterocycles. The molecule has 0 atom stereocenters. The van der Waals surface area contributed by atoms with E-state index in [-0.39, 0.29) is 5.91 Å². The summed E-state index contributed by atoms with van der Waals surface area (Å²) < 4.78 is 11.4. The number of hydrogen-bond acceptors (Lipinski definition) is 3. The van der Waals surface area contributed by atoms with Gasteiger partial charge < -0.3 is 14.8 Å². The van der Waals surface area contributed by atoms with Crippen molar-refractivity contribution in [2.24, 2.45) is 0 Å². The van der Waals surface area contributed by atoms with Crippen molar-refractivity contribution in [2.45, 2.75) is 20.5 Å². The molecule has 0 aliphatic rings. The molecule has 1 amide bonds. The average Bonchev–Trinajstić information content (AvgIpc) is 2.55. The first-order valence-electron chi connectivity index (χ1n) is 7.46. The molecule has 1 N–H and O–H groups in total. The van der Waals surface area contributed by atoms with E-state index >= 15 is 0 Å². The summed E-state index contributed by atoms with van der Waals surface area (Å²) in [6.07, 6.45) is 0. The van der Waals surface area contributed by atoms with E-state index in [2.05, 4.69) is 5.32 Å². The molecule has 0 radical (unpaired) electrons. The van der Waals surface area contributed by atoms with Gasteiger partial charge in [0.05, 0.1) is 6.61 Å². The van der Waals surface area contributed by atoms with E-state index in [4.69, 9.17) is 9.47 Å². The summed E-state index contributed by atoms with van der Waals surface area (Å²) in [5.74, 6) is 1.44. The van der Waals surface area contributed by atoms with E-state index in [0.717, 1.165) is 17.1 Å². The first-order chi connectivity index (χ1) is 10.7. The molecule has 2 aromatic rings. The van der Waals surface area contributed by atoms with E-state index in [1.54, 1.807) is 6.07 Å². The number of carbonyl (C=O) groups is 1. The van der Waals surface area contributed by atoms with Gasteiger partial charge in [-0.25, -0.2) is 0 Å². The fourth-order valence-corrected chi connectivity index (χ4v) is 2.07. The second-order valence-electron chi connectivity index (χ2n) is 4.72. The molecule has 0 aromatic heterocycles. The first-order valence-corrected chi connectivity index (χ1v) is 7.46. The molecule has 22 heavy (non-hydrogen) atoms. The molecule has 0 unspecified atom stereocenters. The van der Waals surface area contributed by atoms with Crippen molar-refractivity contribution >= 4 is 5.91 Å². The molecule has 0 fully saturated rings. The number of para-hydroxylation sites is 1. The molecule has 116 valence electrons. The lowest BCUT2D eigenvalue weighted by molar-refractivity contribution is 0.0955. The van der Waals surface area contributed by atoms with E-state index in [0.29, 0.717) is 25.3 Å². The van der Waals surface area contributed by atoms with Crippen LogP contribution in [-0.2, 0) is 6.61 Å². The molecule has 2 rings (SSSR count). The third kappa shape index (κ3) is 4.25. The largest absolute Gasteiger partial charge is 0.493 e. The van der Waals surface area contributed by atoms with Gasteiger partial charge in [0.2, 0.25) is 0 Å². The maximum Gasteiger partial charge on any atom is 0.251 e. The Labute approximate surface area is 131 Å². The Balaban J connectivity index is 2.18. The van der Waals surface area contributed by atoms with Crippen molar-refractivity contribution in [3.05, 3.63) is 59.7 Å². The zero-order valence-corrected chi connectivity index (χ0v) is 13.0. The molecular formula is C18H21NO3. The number of amides is 1. The van der Waals surface area contributed by atoms with Gasteiger partial charge >= 0.3 is 0 Å². The highest BCUT2D eigenvalue weighted by atomic mass is 16.5. The standard InChI is InChI=1S/C18H21NO3/c1-3-19-18(20)14-10-11-17(21-4-2)15(12-14)13-22-16-8-6-5-7-9-16/h5-12H,3-4,13H2,1-2H3,(H,19,20). The average molecular weight is 299 g/mol. The molecular weight excluding hydrogens is 278 g/mol. The smallest absolute Gasteiger partial charge is 0.251 e. The lowest BCUT2D eigenvalue weighted by Crippen LogP contribution is -2.22. The van der Waals surface area contributed by atoms with Crippen molar-refractivity contribution in [1.29, 1.82) is 0 Å². The molecule has 0 spiro atoms. The Hall–Kier alpha value is -2.49. The van der Waals surface area contributed by atoms with Gasteiger partial charge in [0.25, 0.3) is 5.91 Å². The van der Waals surface area contributed by atoms with Gasteiger partial charge in [0.1, 0.15) is 18.1 Å². The van der Waals surface area contributed by atoms with Gasteiger partial charge in [-0.2, -0.15) is 0 Å². The van der Waals surface area contributed by atoms with Crippen molar-refractivity contribution in [1.82, 2.24) is 5.32 Å². The summed E-state index contributed by atoms with van der Waals surface area (Å²) in [4.78, 5) is 11.9. The van der Waals surface area contributed by atoms with Gasteiger partial charge in [-0.15, -0.1) is 0 Å². The molecule has 0 bridgehead atoms. The maximum atomic E-state index is 11.9. The topological polar surface area (TPSA) is 47.6 Å². The zero-order valence-electron chi connectivity index (χ0n) is 13.0. The fraction of sp³-hybridized carbons (Fsp3) is 0.278. The van der Waals surface area contributed by atoms with Crippen LogP contribution in [0.4, 0.5) is 0 Å². The second-order valence-corrected chi connectivity index (χ2v) is 4.72. The van der Waals surface area contributed by atoms with Gasteiger partial charge in [-0.3, -0.25) is 4.79 Å². The molecule has 2 aromatic carbocycles. The lowest BCUT2D eigenvalue weighted by atomic mass is 10.1. The molecule has 0 saturated carbocycles. The quantitative estimate of drug-likeness (QED) is 0.852. The van der Waals surface area contributed by atoms with Crippen molar-refractivity contribution in [3.63, 3.8) is 0 Å². The van der Waals surface area contributed by atoms with Gasteiger partial charge in [-0.1, -0.05) is 18.2 Å². The Morgan fingerprint density at radius 3 is 2.50 bits per heavy atom. The van der Waals surface area contributed by atoms with Crippen LogP contribution in [0.1, 0.15) is 29.8 Å². The van der Waals surface area contributed by atoms with Gasteiger partial charge in [0.15, 0.2) is 0 Å². The second kappa shape index (κ2) is 8.08. The lowest BCUT2D eigenvalue weighted by Gasteiger charge is -2.13. The van der Waals surface area contributed by atoms with E-state index < -0.39 is 0 Å². The van der Waals surface area contributed by atoms with Gasteiger partial charge in [-0.05, 0) is 44.2 Å². The Morgan fingerprint density at radius 2 is 1.82 bits per heavy atom. The fourth-order valence-electron chi connectivity index (χ4n) is 2.07. The minimum Gasteiger partial charge on any atom is -0.493 e. The minimum absolute atomic E-state index is 0.0912. The summed E-state index contributed by atoms with van der Waals surface area (Å²) in [7, 11) is 0. The van der Waals surface area contributed by atoms with Crippen LogP contribution in [0.25, 0.3) is 0 Å². The third-order valence-corrected chi connectivity index (χ3v) is 3.10. The molecule has 4 nitrogen and oxygen atoms in total. The van der Waals surface area contributed by atoms with Crippen molar-refractivity contribution in [2.75, 3.05) is 13.2 Å². The monoisotopic (exact) mass is 299 g/mol. The predicted molar refractivity (Wildman–Crippen MR) is 86.4 cm³/mol. The predicted octanol–water partition coefficient (Wildman–Crippen LogP) is 3.41. The van der Waals surface area contributed by atoms with Crippen LogP contribution in [0, 0.1) is 0 Å². The highest BCUT2D eigenvalue weighted by Gasteiger charge is 2.10. The highest BCUT2D eigenvalue weighted by molar-refractivity contribution is 5.94. The Bertz CT molecular complexity index is 611. The van der Waals surface area contributed by atoms with Crippen molar-refractivity contribution in [3.8, 4) is 11.5 Å². The van der Waals surface area contributed by atoms with Crippen LogP contribution < -0.4 is 14.8 Å². The highest BCUT2D eigenvalue weighted by Crippen LogP contribution is 2.22. The number of rotatable bonds is 7. The maximum absolute atomic E-state index is 11.9. The van der Waals surface area contributed by atoms with Crippen LogP contribution in [0.5, 0.6) is 11.5 Å². The molecule has 0 saturated heterocycles. The zero-order chi connectivity index (χ0) is 15.8. The SMILES string of the molecule is CCNC(=O)c1ccc(OCC)c(COc2ccccc2)c1. The van der Waals surface area contributed by atoms with Crippen molar-refractivity contribution < 1.29 is 14.3 Å². The third-order valence-electron chi connectivity index (χ3n) is 3.10. The normalized spacial score (nSPS) is 10.1. The number of ether oxygens (including phenoxy) is 2. The summed E-state index contributed by atoms with van der Waals surface area (Å²) in [5.41, 5.74) is 1.46. The number of carbonyl (C=O) groups excluding carboxylic acids is 1.